The van der Waals surface area contributed by atoms with Gasteiger partial charge in [-0.15, -0.1) is 11.8 Å². The van der Waals surface area contributed by atoms with E-state index in [-0.39, 0.29) is 23.2 Å². The highest BCUT2D eigenvalue weighted by Gasteiger charge is 2.54. The maximum absolute atomic E-state index is 13.2. The Kier molecular flexibility index (Phi) is 8.41. The molecule has 0 saturated carbocycles. The van der Waals surface area contributed by atoms with E-state index in [4.69, 9.17) is 5.73 Å². The highest BCUT2D eigenvalue weighted by Crippen LogP contribution is 2.40. The number of hydrogen-bond donors (Lipinski definition) is 4. The van der Waals surface area contributed by atoms with Crippen LogP contribution in [0.5, 0.6) is 0 Å². The predicted molar refractivity (Wildman–Crippen MR) is 146 cm³/mol. The molecule has 2 atom stereocenters. The van der Waals surface area contributed by atoms with Crippen molar-refractivity contribution in [1.82, 2.24) is 34.4 Å². The van der Waals surface area contributed by atoms with Gasteiger partial charge in [-0.2, -0.15) is 9.36 Å². The van der Waals surface area contributed by atoms with Crippen molar-refractivity contribution in [3.05, 3.63) is 41.8 Å². The van der Waals surface area contributed by atoms with Crippen molar-refractivity contribution in [2.45, 2.75) is 30.9 Å². The summed E-state index contributed by atoms with van der Waals surface area (Å²) >= 11 is 2.11. The zero-order valence-corrected chi connectivity index (χ0v) is 23.3. The van der Waals surface area contributed by atoms with Crippen LogP contribution >= 0.6 is 23.3 Å². The third-order valence-electron chi connectivity index (χ3n) is 6.45. The van der Waals surface area contributed by atoms with E-state index in [0.717, 1.165) is 36.6 Å². The lowest BCUT2D eigenvalue weighted by atomic mass is 10.0. The van der Waals surface area contributed by atoms with Gasteiger partial charge in [-0.05, 0) is 37.1 Å². The Balaban J connectivity index is 1.35. The van der Waals surface area contributed by atoms with E-state index in [1.165, 1.54) is 16.7 Å². The molecule has 41 heavy (non-hydrogen) atoms. The number of anilines is 1. The van der Waals surface area contributed by atoms with Gasteiger partial charge in [-0.25, -0.2) is 13.8 Å². The minimum Gasteiger partial charge on any atom is -0.477 e. The zero-order valence-electron chi connectivity index (χ0n) is 21.7. The summed E-state index contributed by atoms with van der Waals surface area (Å²) < 4.78 is 20.3. The number of carboxylic acid groups (broad SMARTS) is 1. The molecule has 3 aromatic heterocycles. The van der Waals surface area contributed by atoms with E-state index in [1.54, 1.807) is 6.33 Å². The third-order valence-corrected chi connectivity index (χ3v) is 8.33. The summed E-state index contributed by atoms with van der Waals surface area (Å²) in [6.45, 7) is 0.542. The molecule has 0 spiro atoms. The Labute approximate surface area is 240 Å². The predicted octanol–water partition coefficient (Wildman–Crippen LogP) is -0.546. The van der Waals surface area contributed by atoms with Gasteiger partial charge in [0.2, 0.25) is 17.9 Å². The second-order valence-corrected chi connectivity index (χ2v) is 10.9. The van der Waals surface area contributed by atoms with Gasteiger partial charge in [0, 0.05) is 29.4 Å². The fraction of sp³-hybridized carbons (Fsp3) is 0.391. The number of fused-ring (bicyclic) bond motifs is 2. The Morgan fingerprint density at radius 3 is 2.95 bits per heavy atom. The molecule has 216 valence electrons. The number of β-lactam (4-membered cyclic amide) rings is 1. The molecule has 15 nitrogen and oxygen atoms in total. The Bertz CT molecular complexity index is 1560. The molecule has 3 aromatic rings. The number of nitrogens with two attached hydrogens (primary N) is 1. The molecular formula is C23H26FN10O5S2+. The van der Waals surface area contributed by atoms with E-state index >= 15 is 0 Å². The van der Waals surface area contributed by atoms with Gasteiger partial charge in [0.1, 0.15) is 29.2 Å². The molecule has 0 bridgehead atoms. The number of thioether (sulfide) groups is 1. The van der Waals surface area contributed by atoms with E-state index in [9.17, 15) is 23.9 Å². The number of alkyl halides is 1. The van der Waals surface area contributed by atoms with Crippen molar-refractivity contribution in [3.63, 3.8) is 0 Å². The summed E-state index contributed by atoms with van der Waals surface area (Å²) in [4.78, 5) is 52.4. The smallest absolute Gasteiger partial charge is 0.352 e. The molecule has 0 aromatic carbocycles. The average molecular weight is 606 g/mol. The molecule has 2 aliphatic rings. The van der Waals surface area contributed by atoms with Crippen LogP contribution in [0.1, 0.15) is 12.2 Å². The van der Waals surface area contributed by atoms with Crippen LogP contribution in [0.3, 0.4) is 0 Å². The molecule has 1 fully saturated rings. The number of oxime groups is 1. The number of aliphatic carboxylic acids is 1. The molecule has 18 heteroatoms. The van der Waals surface area contributed by atoms with Crippen molar-refractivity contribution in [3.8, 4) is 0 Å². The van der Waals surface area contributed by atoms with E-state index in [0.29, 0.717) is 17.0 Å². The average Bonchev–Trinajstić information content (AvgIpc) is 3.58. The largest absolute Gasteiger partial charge is 0.477 e. The molecule has 0 radical (unpaired) electrons. The fourth-order valence-corrected chi connectivity index (χ4v) is 6.41. The van der Waals surface area contributed by atoms with Crippen LogP contribution < -0.4 is 20.9 Å². The van der Waals surface area contributed by atoms with Crippen LogP contribution in [-0.2, 0) is 32.3 Å². The lowest BCUT2D eigenvalue weighted by molar-refractivity contribution is -0.664. The summed E-state index contributed by atoms with van der Waals surface area (Å²) in [6.07, 6.45) is 4.49. The molecule has 0 aliphatic carbocycles. The number of rotatable bonds is 12. The van der Waals surface area contributed by atoms with Gasteiger partial charge in [0.25, 0.3) is 18.7 Å². The summed E-state index contributed by atoms with van der Waals surface area (Å²) in [5.41, 5.74) is 7.11. The number of hydrogen-bond acceptors (Lipinski definition) is 12. The number of carboxylic acids is 1. The summed E-state index contributed by atoms with van der Waals surface area (Å²) in [5, 5.41) is 18.5. The number of imidazole rings is 1. The maximum Gasteiger partial charge on any atom is 0.352 e. The number of carbonyl (C=O) groups excluding carboxylic acids is 2. The summed E-state index contributed by atoms with van der Waals surface area (Å²) in [6, 6.07) is 2.77. The molecule has 2 unspecified atom stereocenters. The number of nitrogens with one attached hydrogen (secondary N) is 2. The molecule has 2 amide bonds. The second-order valence-electron chi connectivity index (χ2n) is 8.99. The summed E-state index contributed by atoms with van der Waals surface area (Å²) in [7, 11) is 1.89. The first kappa shape index (κ1) is 28.4. The standard InChI is InChI=1S/C23H25FN10O5S2/c1-26-5-3-7-33-11-27-18-13(33)4-2-6-32(18)8-12-9-40-21-15(20(36)34(21)16(12)22(37)38)28-19(35)14(30-39-10-24)17-29-23(25)41-31-17/h2,4,6,11,15,21,26H,3,5,7-10H2,1H3,(H3-,25,28,29,31,35,37,38)/p+1. The lowest BCUT2D eigenvalue weighted by Gasteiger charge is -2.49. The lowest BCUT2D eigenvalue weighted by Crippen LogP contribution is -2.71. The number of nitrogen functional groups attached to an aromatic ring is 1. The van der Waals surface area contributed by atoms with Crippen LogP contribution in [0.15, 0.2) is 41.1 Å². The molecular weight excluding hydrogens is 579 g/mol. The quantitative estimate of drug-likeness (QED) is 0.0681. The molecule has 5 rings (SSSR count). The maximum atomic E-state index is 13.2. The van der Waals surface area contributed by atoms with Crippen molar-refractivity contribution in [2.24, 2.45) is 5.16 Å². The minimum atomic E-state index is -1.30. The van der Waals surface area contributed by atoms with Gasteiger partial charge in [0.05, 0.1) is 6.20 Å². The van der Waals surface area contributed by atoms with Crippen molar-refractivity contribution in [2.75, 3.05) is 31.9 Å². The molecule has 5 heterocycles. The second kappa shape index (κ2) is 12.1. The van der Waals surface area contributed by atoms with E-state index in [2.05, 4.69) is 35.0 Å². The number of nitrogens with zero attached hydrogens (tertiary/aromatic N) is 7. The van der Waals surface area contributed by atoms with Crippen molar-refractivity contribution >= 4 is 63.1 Å². The van der Waals surface area contributed by atoms with Crippen molar-refractivity contribution in [1.29, 1.82) is 0 Å². The molecule has 2 aliphatic heterocycles. The van der Waals surface area contributed by atoms with Crippen LogP contribution in [0.25, 0.3) is 11.2 Å². The first-order chi connectivity index (χ1) is 19.8. The fourth-order valence-electron chi connectivity index (χ4n) is 4.64. The number of amides is 2. The van der Waals surface area contributed by atoms with Crippen molar-refractivity contribution < 1.29 is 33.3 Å². The first-order valence-corrected chi connectivity index (χ1v) is 14.2. The molecule has 5 N–H and O–H groups in total. The number of aromatic nitrogens is 5. The van der Waals surface area contributed by atoms with Crippen LogP contribution in [0.4, 0.5) is 9.52 Å². The highest BCUT2D eigenvalue weighted by atomic mass is 32.2. The first-order valence-electron chi connectivity index (χ1n) is 12.4. The minimum absolute atomic E-state index is 0.0485. The topological polar surface area (TPSA) is 194 Å². The Morgan fingerprint density at radius 1 is 1.41 bits per heavy atom. The number of carbonyl (C=O) groups is 3. The Hall–Kier alpha value is -4.16. The van der Waals surface area contributed by atoms with Crippen LogP contribution in [-0.4, -0.2) is 90.0 Å². The normalized spacial score (nSPS) is 18.8. The number of halogens is 1. The van der Waals surface area contributed by atoms with Crippen LogP contribution in [0.2, 0.25) is 0 Å². The van der Waals surface area contributed by atoms with Gasteiger partial charge in [-0.3, -0.25) is 14.5 Å². The van der Waals surface area contributed by atoms with E-state index < -0.39 is 41.8 Å². The number of aryl methyl sites for hydroxylation is 1. The molecule has 1 saturated heterocycles. The zero-order chi connectivity index (χ0) is 29.1. The third kappa shape index (κ3) is 5.57. The monoisotopic (exact) mass is 605 g/mol. The SMILES string of the molecule is CNCCCn1cnc2c1ccc[n+]2CC1=C(C(=O)O)N2C(=O)C(NC(=O)C(=NOCF)c3nsc(N)n3)C2SC1. The number of pyridine rings is 1. The van der Waals surface area contributed by atoms with Gasteiger partial charge in [-0.1, -0.05) is 5.16 Å². The van der Waals surface area contributed by atoms with Gasteiger partial charge >= 0.3 is 11.6 Å². The highest BCUT2D eigenvalue weighted by molar-refractivity contribution is 8.00. The summed E-state index contributed by atoms with van der Waals surface area (Å²) in [5.74, 6) is -2.66. The van der Waals surface area contributed by atoms with Gasteiger partial charge in [0.15, 0.2) is 5.13 Å². The van der Waals surface area contributed by atoms with E-state index in [1.807, 2.05) is 34.5 Å². The Morgan fingerprint density at radius 2 is 2.24 bits per heavy atom. The van der Waals surface area contributed by atoms with Crippen LogP contribution in [0, 0.1) is 0 Å². The van der Waals surface area contributed by atoms with Gasteiger partial charge < -0.3 is 30.9 Å².